The number of fused-ring (bicyclic) bond motifs is 2. The Bertz CT molecular complexity index is 1270. The second-order valence-corrected chi connectivity index (χ2v) is 10.5. The molecule has 8 heteroatoms. The highest BCUT2D eigenvalue weighted by Crippen LogP contribution is 2.36. The third-order valence-electron chi connectivity index (χ3n) is 7.81. The fourth-order valence-corrected chi connectivity index (χ4v) is 5.62. The Balaban J connectivity index is 1.06. The number of hydrogen-bond donors (Lipinski definition) is 1. The molecule has 212 valence electrons. The second kappa shape index (κ2) is 12.8. The highest BCUT2D eigenvalue weighted by Gasteiger charge is 2.27. The summed E-state index contributed by atoms with van der Waals surface area (Å²) in [5, 5.41) is 3.52. The molecule has 0 bridgehead atoms. The first-order chi connectivity index (χ1) is 19.8. The van der Waals surface area contributed by atoms with Crippen molar-refractivity contribution in [2.75, 3.05) is 58.2 Å². The fraction of sp³-hybridized carbons (Fsp3) is 0.438. The zero-order valence-corrected chi connectivity index (χ0v) is 23.1. The first-order valence-electron chi connectivity index (χ1n) is 14.2. The van der Waals surface area contributed by atoms with Crippen molar-refractivity contribution in [3.63, 3.8) is 0 Å². The van der Waals surface area contributed by atoms with Crippen molar-refractivity contribution in [1.29, 1.82) is 0 Å². The molecule has 8 nitrogen and oxygen atoms in total. The average Bonchev–Trinajstić information content (AvgIpc) is 3.48. The zero-order chi connectivity index (χ0) is 27.1. The van der Waals surface area contributed by atoms with E-state index in [1.54, 1.807) is 7.11 Å². The third-order valence-corrected chi connectivity index (χ3v) is 7.81. The predicted octanol–water partition coefficient (Wildman–Crippen LogP) is 4.89. The first-order valence-corrected chi connectivity index (χ1v) is 14.2. The van der Waals surface area contributed by atoms with E-state index in [1.165, 1.54) is 11.1 Å². The van der Waals surface area contributed by atoms with Crippen LogP contribution in [0.5, 0.6) is 23.0 Å². The molecule has 0 aromatic heterocycles. The Kier molecular flexibility index (Phi) is 8.56. The van der Waals surface area contributed by atoms with Crippen molar-refractivity contribution in [2.45, 2.75) is 38.1 Å². The molecular weight excluding hydrogens is 508 g/mol. The number of ether oxygens (including phenoxy) is 6. The van der Waals surface area contributed by atoms with Crippen molar-refractivity contribution >= 4 is 5.69 Å². The molecule has 0 aliphatic carbocycles. The van der Waals surface area contributed by atoms with Gasteiger partial charge >= 0.3 is 0 Å². The van der Waals surface area contributed by atoms with Crippen LogP contribution in [0.25, 0.3) is 0 Å². The molecule has 1 fully saturated rings. The molecule has 3 aliphatic rings. The van der Waals surface area contributed by atoms with Gasteiger partial charge in [0.15, 0.2) is 11.5 Å². The van der Waals surface area contributed by atoms with Gasteiger partial charge in [-0.15, -0.1) is 0 Å². The molecular formula is C32H38N2O6. The summed E-state index contributed by atoms with van der Waals surface area (Å²) in [7, 11) is 1.75. The summed E-state index contributed by atoms with van der Waals surface area (Å²) in [4.78, 5) is 2.39. The number of rotatable bonds is 11. The average molecular weight is 547 g/mol. The summed E-state index contributed by atoms with van der Waals surface area (Å²) >= 11 is 0. The van der Waals surface area contributed by atoms with Gasteiger partial charge in [-0.3, -0.25) is 0 Å². The lowest BCUT2D eigenvalue weighted by Gasteiger charge is -2.33. The second-order valence-electron chi connectivity index (χ2n) is 10.5. The molecule has 3 aromatic carbocycles. The van der Waals surface area contributed by atoms with Crippen molar-refractivity contribution < 1.29 is 28.4 Å². The standard InChI is InChI=1S/C32H38N2O6/c1-35-15-2-13-34-14-16-36-29-9-5-24(17-28(29)34)21-38-32-19-33-12-11-27(32)25-6-3-23(4-7-25)20-37-26-8-10-30-31(18-26)40-22-39-30/h3-10,17-18,27,32-33H,2,11-16,19-22H2,1H3. The van der Waals surface area contributed by atoms with Crippen molar-refractivity contribution in [2.24, 2.45) is 0 Å². The van der Waals surface area contributed by atoms with Crippen molar-refractivity contribution in [1.82, 2.24) is 5.32 Å². The van der Waals surface area contributed by atoms with Gasteiger partial charge in [0, 0.05) is 38.8 Å². The summed E-state index contributed by atoms with van der Waals surface area (Å²) in [6.07, 6.45) is 2.15. The minimum atomic E-state index is 0.106. The number of nitrogens with one attached hydrogen (secondary N) is 1. The van der Waals surface area contributed by atoms with Crippen LogP contribution in [0.4, 0.5) is 5.69 Å². The van der Waals surface area contributed by atoms with E-state index in [1.807, 2.05) is 18.2 Å². The van der Waals surface area contributed by atoms with Crippen LogP contribution in [0, 0.1) is 0 Å². The molecule has 1 saturated heterocycles. The van der Waals surface area contributed by atoms with E-state index in [-0.39, 0.29) is 12.9 Å². The van der Waals surface area contributed by atoms with Gasteiger partial charge in [0.05, 0.1) is 24.9 Å². The summed E-state index contributed by atoms with van der Waals surface area (Å²) in [5.41, 5.74) is 4.75. The molecule has 0 amide bonds. The van der Waals surface area contributed by atoms with Crippen LogP contribution in [0.1, 0.15) is 35.4 Å². The summed E-state index contributed by atoms with van der Waals surface area (Å²) in [5.74, 6) is 3.56. The number of piperidine rings is 1. The van der Waals surface area contributed by atoms with Crippen molar-refractivity contribution in [3.8, 4) is 23.0 Å². The van der Waals surface area contributed by atoms with Gasteiger partial charge in [-0.05, 0) is 60.3 Å². The highest BCUT2D eigenvalue weighted by molar-refractivity contribution is 5.61. The molecule has 3 aromatic rings. The van der Waals surface area contributed by atoms with E-state index in [0.29, 0.717) is 25.7 Å². The molecule has 0 radical (unpaired) electrons. The zero-order valence-electron chi connectivity index (χ0n) is 23.1. The topological polar surface area (TPSA) is 70.7 Å². The van der Waals surface area contributed by atoms with E-state index in [2.05, 4.69) is 52.7 Å². The molecule has 6 rings (SSSR count). The molecule has 0 saturated carbocycles. The molecule has 1 N–H and O–H groups in total. The minimum absolute atomic E-state index is 0.106. The lowest BCUT2D eigenvalue weighted by atomic mass is 9.87. The summed E-state index contributed by atoms with van der Waals surface area (Å²) in [6, 6.07) is 20.9. The number of nitrogens with zero attached hydrogens (tertiary/aromatic N) is 1. The van der Waals surface area contributed by atoms with Crippen LogP contribution in [-0.2, 0) is 22.7 Å². The molecule has 40 heavy (non-hydrogen) atoms. The van der Waals surface area contributed by atoms with E-state index in [9.17, 15) is 0 Å². The van der Waals surface area contributed by atoms with Crippen LogP contribution in [-0.4, -0.2) is 59.4 Å². The number of benzene rings is 3. The van der Waals surface area contributed by atoms with Gasteiger partial charge in [0.1, 0.15) is 24.7 Å². The smallest absolute Gasteiger partial charge is 0.231 e. The largest absolute Gasteiger partial charge is 0.490 e. The number of anilines is 1. The highest BCUT2D eigenvalue weighted by atomic mass is 16.7. The van der Waals surface area contributed by atoms with Crippen LogP contribution in [0.3, 0.4) is 0 Å². The molecule has 2 atom stereocenters. The molecule has 3 aliphatic heterocycles. The summed E-state index contributed by atoms with van der Waals surface area (Å²) < 4.78 is 34.5. The first kappa shape index (κ1) is 26.7. The van der Waals surface area contributed by atoms with Crippen LogP contribution < -0.4 is 29.2 Å². The Morgan fingerprint density at radius 2 is 1.75 bits per heavy atom. The van der Waals surface area contributed by atoms with E-state index in [0.717, 1.165) is 79.9 Å². The third kappa shape index (κ3) is 6.30. The van der Waals surface area contributed by atoms with E-state index < -0.39 is 0 Å². The Morgan fingerprint density at radius 1 is 0.900 bits per heavy atom. The van der Waals surface area contributed by atoms with Gasteiger partial charge < -0.3 is 38.6 Å². The van der Waals surface area contributed by atoms with Crippen LogP contribution in [0.2, 0.25) is 0 Å². The number of hydrogen-bond acceptors (Lipinski definition) is 8. The SMILES string of the molecule is COCCCN1CCOc2ccc(COC3CNCCC3c3ccc(COc4ccc5c(c4)OCO5)cc3)cc21. The summed E-state index contributed by atoms with van der Waals surface area (Å²) in [6.45, 7) is 6.50. The van der Waals surface area contributed by atoms with Gasteiger partial charge in [0.2, 0.25) is 6.79 Å². The minimum Gasteiger partial charge on any atom is -0.490 e. The van der Waals surface area contributed by atoms with E-state index in [4.69, 9.17) is 28.4 Å². The Morgan fingerprint density at radius 3 is 2.65 bits per heavy atom. The molecule has 3 heterocycles. The quantitative estimate of drug-likeness (QED) is 0.341. The Labute approximate surface area is 236 Å². The molecule has 2 unspecified atom stereocenters. The van der Waals surface area contributed by atoms with Gasteiger partial charge in [-0.1, -0.05) is 30.3 Å². The normalized spacial score (nSPS) is 19.7. The van der Waals surface area contributed by atoms with Gasteiger partial charge in [-0.2, -0.15) is 0 Å². The molecule has 0 spiro atoms. The maximum Gasteiger partial charge on any atom is 0.231 e. The number of methoxy groups -OCH3 is 1. The maximum atomic E-state index is 6.54. The maximum absolute atomic E-state index is 6.54. The van der Waals surface area contributed by atoms with Crippen molar-refractivity contribution in [3.05, 3.63) is 77.4 Å². The van der Waals surface area contributed by atoms with Gasteiger partial charge in [-0.25, -0.2) is 0 Å². The van der Waals surface area contributed by atoms with Crippen LogP contribution >= 0.6 is 0 Å². The van der Waals surface area contributed by atoms with E-state index >= 15 is 0 Å². The lowest BCUT2D eigenvalue weighted by Crippen LogP contribution is -2.41. The predicted molar refractivity (Wildman–Crippen MR) is 153 cm³/mol. The van der Waals surface area contributed by atoms with Gasteiger partial charge in [0.25, 0.3) is 0 Å². The lowest BCUT2D eigenvalue weighted by molar-refractivity contribution is 0.0106. The van der Waals surface area contributed by atoms with Crippen LogP contribution in [0.15, 0.2) is 60.7 Å². The monoisotopic (exact) mass is 546 g/mol. The fourth-order valence-electron chi connectivity index (χ4n) is 5.62. The Hall–Kier alpha value is -3.46.